The highest BCUT2D eigenvalue weighted by Crippen LogP contribution is 2.42. The molecular weight excluding hydrogens is 457 g/mol. The third-order valence-corrected chi connectivity index (χ3v) is 8.98. The number of carbonyl (C=O) groups is 1. The van der Waals surface area contributed by atoms with Gasteiger partial charge in [0.05, 0.1) is 20.4 Å². The Morgan fingerprint density at radius 1 is 1.00 bits per heavy atom. The lowest BCUT2D eigenvalue weighted by molar-refractivity contribution is -0.115. The maximum Gasteiger partial charge on any atom is 0.227 e. The first-order valence-electron chi connectivity index (χ1n) is 9.10. The zero-order chi connectivity index (χ0) is 21.1. The summed E-state index contributed by atoms with van der Waals surface area (Å²) in [6, 6.07) is 14.6. The number of nitrogens with one attached hydrogen (secondary N) is 1. The molecule has 0 fully saturated rings. The highest BCUT2D eigenvalue weighted by Gasteiger charge is 2.20. The Morgan fingerprint density at radius 2 is 1.67 bits per heavy atom. The molecule has 0 radical (unpaired) electrons. The second kappa shape index (κ2) is 8.81. The van der Waals surface area contributed by atoms with E-state index >= 15 is 0 Å². The van der Waals surface area contributed by atoms with E-state index in [1.807, 2.05) is 41.9 Å². The first-order chi connectivity index (χ1) is 14.4. The Kier molecular flexibility index (Phi) is 6.14. The molecule has 30 heavy (non-hydrogen) atoms. The largest absolute Gasteiger partial charge is 0.302 e. The molecule has 0 aliphatic rings. The summed E-state index contributed by atoms with van der Waals surface area (Å²) in [6.07, 6.45) is -0.127. The zero-order valence-corrected chi connectivity index (χ0v) is 19.3. The normalized spacial score (nSPS) is 11.5. The van der Waals surface area contributed by atoms with Gasteiger partial charge in [-0.25, -0.2) is 13.4 Å². The summed E-state index contributed by atoms with van der Waals surface area (Å²) >= 11 is 4.60. The van der Waals surface area contributed by atoms with Crippen LogP contribution in [0.1, 0.15) is 12.0 Å². The average Bonchev–Trinajstić information content (AvgIpc) is 3.47. The Hall–Kier alpha value is -2.33. The van der Waals surface area contributed by atoms with E-state index in [1.165, 1.54) is 11.3 Å². The summed E-state index contributed by atoms with van der Waals surface area (Å²) in [7, 11) is -3.51. The van der Waals surface area contributed by atoms with Gasteiger partial charge in [-0.2, -0.15) is 0 Å². The van der Waals surface area contributed by atoms with Crippen LogP contribution in [0, 0.1) is 6.92 Å². The van der Waals surface area contributed by atoms with Crippen LogP contribution in [0.25, 0.3) is 20.3 Å². The van der Waals surface area contributed by atoms with E-state index in [1.54, 1.807) is 46.9 Å². The molecule has 4 rings (SSSR count). The van der Waals surface area contributed by atoms with Gasteiger partial charge < -0.3 is 5.32 Å². The van der Waals surface area contributed by atoms with Crippen LogP contribution in [0.15, 0.2) is 64.2 Å². The maximum absolute atomic E-state index is 12.5. The Bertz CT molecular complexity index is 1190. The van der Waals surface area contributed by atoms with Crippen molar-refractivity contribution in [1.29, 1.82) is 0 Å². The number of nitrogens with zero attached hydrogens (tertiary/aromatic N) is 1. The molecular formula is C21H18N2O3S4. The number of aryl methyl sites for hydroxylation is 1. The van der Waals surface area contributed by atoms with Crippen LogP contribution in [0.3, 0.4) is 0 Å². The molecule has 0 unspecified atom stereocenters. The molecule has 0 spiro atoms. The van der Waals surface area contributed by atoms with E-state index in [9.17, 15) is 13.2 Å². The highest BCUT2D eigenvalue weighted by atomic mass is 32.2. The van der Waals surface area contributed by atoms with Crippen LogP contribution in [0.2, 0.25) is 0 Å². The lowest BCUT2D eigenvalue weighted by atomic mass is 10.2. The number of benzene rings is 1. The fourth-order valence-electron chi connectivity index (χ4n) is 2.80. The van der Waals surface area contributed by atoms with Gasteiger partial charge in [0.2, 0.25) is 5.91 Å². The van der Waals surface area contributed by atoms with Gasteiger partial charge in [-0.1, -0.05) is 41.2 Å². The monoisotopic (exact) mass is 474 g/mol. The zero-order valence-electron chi connectivity index (χ0n) is 16.0. The first-order valence-corrected chi connectivity index (χ1v) is 13.3. The quantitative estimate of drug-likeness (QED) is 0.372. The number of hydrogen-bond acceptors (Lipinski definition) is 7. The lowest BCUT2D eigenvalue weighted by Gasteiger charge is -2.05. The molecule has 0 aliphatic heterocycles. The molecule has 154 valence electrons. The summed E-state index contributed by atoms with van der Waals surface area (Å²) in [5, 5.41) is 7.23. The second-order valence-corrected chi connectivity index (χ2v) is 11.6. The minimum absolute atomic E-state index is 0.127. The molecule has 9 heteroatoms. The molecule has 5 nitrogen and oxygen atoms in total. The first kappa shape index (κ1) is 20.9. The predicted molar refractivity (Wildman–Crippen MR) is 125 cm³/mol. The molecule has 3 aromatic heterocycles. The van der Waals surface area contributed by atoms with Crippen molar-refractivity contribution in [3.8, 4) is 20.3 Å². The van der Waals surface area contributed by atoms with E-state index in [0.29, 0.717) is 5.13 Å². The number of rotatable bonds is 7. The number of thiophene rings is 2. The molecule has 1 N–H and O–H groups in total. The lowest BCUT2D eigenvalue weighted by Crippen LogP contribution is -2.17. The van der Waals surface area contributed by atoms with Gasteiger partial charge in [0.15, 0.2) is 15.0 Å². The van der Waals surface area contributed by atoms with Crippen molar-refractivity contribution in [2.45, 2.75) is 18.2 Å². The summed E-state index contributed by atoms with van der Waals surface area (Å²) in [5.41, 5.74) is 1.82. The van der Waals surface area contributed by atoms with E-state index in [4.69, 9.17) is 0 Å². The molecule has 0 saturated carbocycles. The van der Waals surface area contributed by atoms with Crippen molar-refractivity contribution in [1.82, 2.24) is 4.98 Å². The number of carbonyl (C=O) groups excluding carboxylic acids is 1. The number of sulfone groups is 1. The molecule has 4 aromatic rings. The molecule has 0 aliphatic carbocycles. The Labute approximate surface area is 187 Å². The SMILES string of the molecule is Cc1ccc(S(=O)(=O)CCC(=O)Nc2nc(-c3cccs3)c(-c3cccs3)s2)cc1. The minimum Gasteiger partial charge on any atom is -0.302 e. The highest BCUT2D eigenvalue weighted by molar-refractivity contribution is 7.91. The Morgan fingerprint density at radius 3 is 2.30 bits per heavy atom. The van der Waals surface area contributed by atoms with E-state index in [-0.39, 0.29) is 23.0 Å². The summed E-state index contributed by atoms with van der Waals surface area (Å²) in [6.45, 7) is 1.90. The molecule has 1 aromatic carbocycles. The fraction of sp³-hybridized carbons (Fsp3) is 0.143. The third kappa shape index (κ3) is 4.70. The summed E-state index contributed by atoms with van der Waals surface area (Å²) in [5.74, 6) is -0.613. The van der Waals surface area contributed by atoms with Gasteiger partial charge >= 0.3 is 0 Å². The van der Waals surface area contributed by atoms with Crippen LogP contribution in [0.4, 0.5) is 5.13 Å². The molecule has 0 atom stereocenters. The van der Waals surface area contributed by atoms with Crippen LogP contribution >= 0.6 is 34.0 Å². The average molecular weight is 475 g/mol. The van der Waals surface area contributed by atoms with Gasteiger partial charge in [-0.15, -0.1) is 22.7 Å². The van der Waals surface area contributed by atoms with Crippen molar-refractivity contribution < 1.29 is 13.2 Å². The number of anilines is 1. The van der Waals surface area contributed by atoms with Gasteiger partial charge in [-0.05, 0) is 41.9 Å². The van der Waals surface area contributed by atoms with E-state index in [2.05, 4.69) is 10.3 Å². The number of amides is 1. The summed E-state index contributed by atoms with van der Waals surface area (Å²) in [4.78, 5) is 20.4. The third-order valence-electron chi connectivity index (χ3n) is 4.35. The number of thiazole rings is 1. The van der Waals surface area contributed by atoms with E-state index < -0.39 is 9.84 Å². The molecule has 3 heterocycles. The topological polar surface area (TPSA) is 76.1 Å². The van der Waals surface area contributed by atoms with Crippen LogP contribution in [-0.4, -0.2) is 25.1 Å². The maximum atomic E-state index is 12.5. The Balaban J connectivity index is 1.48. The standard InChI is InChI=1S/C21H18N2O3S4/c1-14-6-8-15(9-7-14)30(25,26)13-10-18(24)22-21-23-19(16-4-2-11-27-16)20(29-21)17-5-3-12-28-17/h2-9,11-12H,10,13H2,1H3,(H,22,23,24). The smallest absolute Gasteiger partial charge is 0.227 e. The second-order valence-electron chi connectivity index (χ2n) is 6.58. The van der Waals surface area contributed by atoms with Crippen molar-refractivity contribution in [2.24, 2.45) is 0 Å². The van der Waals surface area contributed by atoms with Crippen molar-refractivity contribution in [3.05, 3.63) is 64.9 Å². The van der Waals surface area contributed by atoms with Gasteiger partial charge in [-0.3, -0.25) is 4.79 Å². The molecule has 0 saturated heterocycles. The number of aromatic nitrogens is 1. The predicted octanol–water partition coefficient (Wildman–Crippen LogP) is 5.71. The van der Waals surface area contributed by atoms with Crippen molar-refractivity contribution in [2.75, 3.05) is 11.1 Å². The molecule has 1 amide bonds. The minimum atomic E-state index is -3.51. The van der Waals surface area contributed by atoms with Crippen LogP contribution in [0.5, 0.6) is 0 Å². The van der Waals surface area contributed by atoms with Crippen LogP contribution in [-0.2, 0) is 14.6 Å². The molecule has 0 bridgehead atoms. The van der Waals surface area contributed by atoms with Crippen LogP contribution < -0.4 is 5.32 Å². The van der Waals surface area contributed by atoms with Crippen molar-refractivity contribution >= 4 is 54.9 Å². The van der Waals surface area contributed by atoms with Gasteiger partial charge in [0.25, 0.3) is 0 Å². The van der Waals surface area contributed by atoms with E-state index in [0.717, 1.165) is 25.9 Å². The van der Waals surface area contributed by atoms with Crippen molar-refractivity contribution in [3.63, 3.8) is 0 Å². The number of hydrogen-bond donors (Lipinski definition) is 1. The van der Waals surface area contributed by atoms with Gasteiger partial charge in [0, 0.05) is 11.3 Å². The summed E-state index contributed by atoms with van der Waals surface area (Å²) < 4.78 is 25.0. The van der Waals surface area contributed by atoms with Gasteiger partial charge in [0.1, 0.15) is 5.69 Å². The fourth-order valence-corrected chi connectivity index (χ4v) is 6.68.